The van der Waals surface area contributed by atoms with Crippen LogP contribution in [0.5, 0.6) is 5.75 Å². The highest BCUT2D eigenvalue weighted by Crippen LogP contribution is 2.39. The molecule has 23 heavy (non-hydrogen) atoms. The molecule has 3 heteroatoms. The predicted octanol–water partition coefficient (Wildman–Crippen LogP) is 3.96. The van der Waals surface area contributed by atoms with E-state index in [0.717, 1.165) is 23.3 Å². The van der Waals surface area contributed by atoms with Crippen LogP contribution < -0.4 is 10.1 Å². The summed E-state index contributed by atoms with van der Waals surface area (Å²) < 4.78 is 6.01. The van der Waals surface area contributed by atoms with Crippen molar-refractivity contribution in [1.82, 2.24) is 5.32 Å². The fraction of sp³-hybridized carbons (Fsp3) is 0.350. The Morgan fingerprint density at radius 2 is 1.87 bits per heavy atom. The molecule has 0 saturated carbocycles. The molecule has 3 nitrogen and oxygen atoms in total. The SMILES string of the molecule is Cc1ccc(CC(=O)N[C@H]2CC(C)(C)Oc3ccccc32)cc1. The van der Waals surface area contributed by atoms with Crippen molar-refractivity contribution in [1.29, 1.82) is 0 Å². The minimum atomic E-state index is -0.282. The van der Waals surface area contributed by atoms with Crippen LogP contribution in [-0.2, 0) is 11.2 Å². The van der Waals surface area contributed by atoms with E-state index in [4.69, 9.17) is 4.74 Å². The van der Waals surface area contributed by atoms with Crippen LogP contribution in [0.2, 0.25) is 0 Å². The molecule has 0 bridgehead atoms. The van der Waals surface area contributed by atoms with Gasteiger partial charge in [0.1, 0.15) is 11.4 Å². The van der Waals surface area contributed by atoms with Crippen molar-refractivity contribution in [3.05, 3.63) is 65.2 Å². The number of amides is 1. The summed E-state index contributed by atoms with van der Waals surface area (Å²) in [6.45, 7) is 6.16. The summed E-state index contributed by atoms with van der Waals surface area (Å²) >= 11 is 0. The van der Waals surface area contributed by atoms with Gasteiger partial charge < -0.3 is 10.1 Å². The van der Waals surface area contributed by atoms with E-state index in [1.165, 1.54) is 5.56 Å². The normalized spacial score (nSPS) is 18.7. The Morgan fingerprint density at radius 3 is 2.61 bits per heavy atom. The molecule has 120 valence electrons. The maximum absolute atomic E-state index is 12.4. The average molecular weight is 309 g/mol. The average Bonchev–Trinajstić information content (AvgIpc) is 2.48. The van der Waals surface area contributed by atoms with Gasteiger partial charge in [-0.05, 0) is 32.4 Å². The highest BCUT2D eigenvalue weighted by molar-refractivity contribution is 5.79. The topological polar surface area (TPSA) is 38.3 Å². The molecule has 1 heterocycles. The molecule has 1 amide bonds. The first-order valence-electron chi connectivity index (χ1n) is 8.06. The molecule has 0 spiro atoms. The first kappa shape index (κ1) is 15.6. The second kappa shape index (κ2) is 6.07. The fourth-order valence-corrected chi connectivity index (χ4v) is 3.07. The Morgan fingerprint density at radius 1 is 1.17 bits per heavy atom. The van der Waals surface area contributed by atoms with Crippen LogP contribution in [0.1, 0.15) is 43.0 Å². The molecular weight excluding hydrogens is 286 g/mol. The van der Waals surface area contributed by atoms with E-state index in [1.807, 2.05) is 55.5 Å². The number of rotatable bonds is 3. The zero-order valence-electron chi connectivity index (χ0n) is 13.9. The summed E-state index contributed by atoms with van der Waals surface area (Å²) in [6, 6.07) is 16.0. The smallest absolute Gasteiger partial charge is 0.224 e. The largest absolute Gasteiger partial charge is 0.487 e. The van der Waals surface area contributed by atoms with Crippen LogP contribution >= 0.6 is 0 Å². The highest BCUT2D eigenvalue weighted by Gasteiger charge is 2.34. The van der Waals surface area contributed by atoms with E-state index in [9.17, 15) is 4.79 Å². The van der Waals surface area contributed by atoms with Gasteiger partial charge in [0.15, 0.2) is 0 Å². The van der Waals surface area contributed by atoms with Crippen LogP contribution in [0.3, 0.4) is 0 Å². The number of hydrogen-bond acceptors (Lipinski definition) is 2. The maximum Gasteiger partial charge on any atom is 0.224 e. The number of para-hydroxylation sites is 1. The van der Waals surface area contributed by atoms with Crippen LogP contribution in [0.4, 0.5) is 0 Å². The fourth-order valence-electron chi connectivity index (χ4n) is 3.07. The summed E-state index contributed by atoms with van der Waals surface area (Å²) in [5.74, 6) is 0.913. The van der Waals surface area contributed by atoms with Crippen molar-refractivity contribution >= 4 is 5.91 Å². The molecule has 1 aliphatic rings. The Labute approximate surface area is 137 Å². The number of fused-ring (bicyclic) bond motifs is 1. The van der Waals surface area contributed by atoms with Gasteiger partial charge in [-0.25, -0.2) is 0 Å². The molecular formula is C20H23NO2. The van der Waals surface area contributed by atoms with Crippen molar-refractivity contribution in [2.75, 3.05) is 0 Å². The number of benzene rings is 2. The third kappa shape index (κ3) is 3.73. The molecule has 0 aliphatic carbocycles. The molecule has 0 radical (unpaired) electrons. The van der Waals surface area contributed by atoms with Crippen LogP contribution in [0.15, 0.2) is 48.5 Å². The molecule has 1 atom stereocenters. The lowest BCUT2D eigenvalue weighted by Crippen LogP contribution is -2.41. The third-order valence-electron chi connectivity index (χ3n) is 4.20. The van der Waals surface area contributed by atoms with Crippen LogP contribution in [-0.4, -0.2) is 11.5 Å². The minimum absolute atomic E-state index is 0.00658. The zero-order valence-corrected chi connectivity index (χ0v) is 13.9. The lowest BCUT2D eigenvalue weighted by atomic mass is 9.89. The molecule has 3 rings (SSSR count). The van der Waals surface area contributed by atoms with Gasteiger partial charge in [0.05, 0.1) is 12.5 Å². The molecule has 1 aliphatic heterocycles. The minimum Gasteiger partial charge on any atom is -0.487 e. The number of aryl methyl sites for hydroxylation is 1. The second-order valence-corrected chi connectivity index (χ2v) is 6.89. The van der Waals surface area contributed by atoms with Crippen molar-refractivity contribution in [2.45, 2.75) is 45.3 Å². The van der Waals surface area contributed by atoms with E-state index in [1.54, 1.807) is 0 Å². The Hall–Kier alpha value is -2.29. The van der Waals surface area contributed by atoms with E-state index < -0.39 is 0 Å². The summed E-state index contributed by atoms with van der Waals surface area (Å²) in [5.41, 5.74) is 3.02. The van der Waals surface area contributed by atoms with Crippen molar-refractivity contribution in [3.63, 3.8) is 0 Å². The zero-order chi connectivity index (χ0) is 16.4. The Bertz CT molecular complexity index is 704. The number of nitrogens with one attached hydrogen (secondary N) is 1. The van der Waals surface area contributed by atoms with E-state index in [-0.39, 0.29) is 17.6 Å². The maximum atomic E-state index is 12.4. The molecule has 0 unspecified atom stereocenters. The van der Waals surface area contributed by atoms with Gasteiger partial charge in [-0.3, -0.25) is 4.79 Å². The number of ether oxygens (including phenoxy) is 1. The quantitative estimate of drug-likeness (QED) is 0.932. The summed E-state index contributed by atoms with van der Waals surface area (Å²) in [6.07, 6.45) is 1.17. The Balaban J connectivity index is 1.74. The standard InChI is InChI=1S/C20H23NO2/c1-14-8-10-15(11-9-14)12-19(22)21-17-13-20(2,3)23-18-7-5-4-6-16(17)18/h4-11,17H,12-13H2,1-3H3,(H,21,22)/t17-/m0/s1. The molecule has 2 aromatic rings. The van der Waals surface area contributed by atoms with E-state index in [0.29, 0.717) is 6.42 Å². The van der Waals surface area contributed by atoms with Gasteiger partial charge in [-0.15, -0.1) is 0 Å². The summed E-state index contributed by atoms with van der Waals surface area (Å²) in [5, 5.41) is 3.17. The van der Waals surface area contributed by atoms with Gasteiger partial charge in [-0.1, -0.05) is 48.0 Å². The van der Waals surface area contributed by atoms with Gasteiger partial charge in [-0.2, -0.15) is 0 Å². The van der Waals surface area contributed by atoms with Crippen molar-refractivity contribution < 1.29 is 9.53 Å². The summed E-state index contributed by atoms with van der Waals surface area (Å²) in [4.78, 5) is 12.4. The first-order valence-corrected chi connectivity index (χ1v) is 8.06. The van der Waals surface area contributed by atoms with Gasteiger partial charge >= 0.3 is 0 Å². The third-order valence-corrected chi connectivity index (χ3v) is 4.20. The number of carbonyl (C=O) groups is 1. The van der Waals surface area contributed by atoms with E-state index >= 15 is 0 Å². The lowest BCUT2D eigenvalue weighted by Gasteiger charge is -2.37. The second-order valence-electron chi connectivity index (χ2n) is 6.89. The molecule has 0 aromatic heterocycles. The van der Waals surface area contributed by atoms with Crippen molar-refractivity contribution in [2.24, 2.45) is 0 Å². The molecule has 2 aromatic carbocycles. The summed E-state index contributed by atoms with van der Waals surface area (Å²) in [7, 11) is 0. The van der Waals surface area contributed by atoms with Crippen LogP contribution in [0, 0.1) is 6.92 Å². The van der Waals surface area contributed by atoms with E-state index in [2.05, 4.69) is 19.2 Å². The van der Waals surface area contributed by atoms with Gasteiger partial charge in [0.2, 0.25) is 5.91 Å². The van der Waals surface area contributed by atoms with Crippen molar-refractivity contribution in [3.8, 4) is 5.75 Å². The molecule has 0 saturated heterocycles. The molecule has 1 N–H and O–H groups in total. The van der Waals surface area contributed by atoms with Crippen LogP contribution in [0.25, 0.3) is 0 Å². The molecule has 0 fully saturated rings. The van der Waals surface area contributed by atoms with Gasteiger partial charge in [0, 0.05) is 12.0 Å². The predicted molar refractivity (Wildman–Crippen MR) is 91.5 cm³/mol. The Kier molecular flexibility index (Phi) is 4.12. The highest BCUT2D eigenvalue weighted by atomic mass is 16.5. The van der Waals surface area contributed by atoms with Gasteiger partial charge in [0.25, 0.3) is 0 Å². The monoisotopic (exact) mass is 309 g/mol. The number of carbonyl (C=O) groups excluding carboxylic acids is 1. The first-order chi connectivity index (χ1) is 10.9. The lowest BCUT2D eigenvalue weighted by molar-refractivity contribution is -0.121. The number of hydrogen-bond donors (Lipinski definition) is 1.